The largest absolute Gasteiger partial charge is 0.454 e. The van der Waals surface area contributed by atoms with Crippen LogP contribution in [0.25, 0.3) is 0 Å². The molecule has 0 bridgehead atoms. The third-order valence-electron chi connectivity index (χ3n) is 4.61. The molecule has 146 valence electrons. The minimum absolute atomic E-state index is 0.148. The number of nitrogens with zero attached hydrogens (tertiary/aromatic N) is 2. The number of hydrogen-bond acceptors (Lipinski definition) is 6. The second kappa shape index (κ2) is 8.08. The van der Waals surface area contributed by atoms with Gasteiger partial charge >= 0.3 is 5.97 Å². The zero-order chi connectivity index (χ0) is 19.4. The van der Waals surface area contributed by atoms with Crippen LogP contribution in [0.4, 0.5) is 0 Å². The molecule has 1 atom stereocenters. The monoisotopic (exact) mass is 393 g/mol. The van der Waals surface area contributed by atoms with E-state index in [1.165, 1.54) is 6.07 Å². The van der Waals surface area contributed by atoms with Crippen LogP contribution in [0, 0.1) is 0 Å². The molecule has 1 fully saturated rings. The van der Waals surface area contributed by atoms with E-state index in [2.05, 4.69) is 9.71 Å². The van der Waals surface area contributed by atoms with Gasteiger partial charge in [-0.3, -0.25) is 4.79 Å². The van der Waals surface area contributed by atoms with Gasteiger partial charge in [0.25, 0.3) is 15.9 Å². The fourth-order valence-corrected chi connectivity index (χ4v) is 4.47. The molecule has 27 heavy (non-hydrogen) atoms. The van der Waals surface area contributed by atoms with Crippen LogP contribution in [-0.2, 0) is 24.3 Å². The smallest absolute Gasteiger partial charge is 0.329 e. The predicted octanol–water partition coefficient (Wildman–Crippen LogP) is 1.06. The number of benzene rings is 1. The van der Waals surface area contributed by atoms with Gasteiger partial charge in [-0.05, 0) is 31.4 Å². The van der Waals surface area contributed by atoms with Crippen molar-refractivity contribution in [2.24, 2.45) is 4.40 Å². The van der Waals surface area contributed by atoms with Crippen LogP contribution >= 0.6 is 0 Å². The van der Waals surface area contributed by atoms with Gasteiger partial charge in [0, 0.05) is 18.7 Å². The van der Waals surface area contributed by atoms with E-state index in [-0.39, 0.29) is 23.2 Å². The van der Waals surface area contributed by atoms with Gasteiger partial charge in [0.15, 0.2) is 12.4 Å². The van der Waals surface area contributed by atoms with Crippen molar-refractivity contribution >= 4 is 27.7 Å². The molecule has 1 amide bonds. The average molecular weight is 393 g/mol. The summed E-state index contributed by atoms with van der Waals surface area (Å²) in [5, 5.41) is 2.69. The molecule has 2 heterocycles. The number of sulfonamides is 1. The first-order chi connectivity index (χ1) is 12.9. The molecule has 3 rings (SSSR count). The summed E-state index contributed by atoms with van der Waals surface area (Å²) in [6.07, 6.45) is 3.06. The maximum atomic E-state index is 12.5. The van der Waals surface area contributed by atoms with Crippen LogP contribution in [0.5, 0.6) is 0 Å². The average Bonchev–Trinajstić information content (AvgIpc) is 3.23. The molecule has 1 saturated heterocycles. The van der Waals surface area contributed by atoms with Crippen molar-refractivity contribution < 1.29 is 22.7 Å². The number of carbonyl (C=O) groups excluding carboxylic acids is 2. The molecule has 8 nitrogen and oxygen atoms in total. The molecule has 2 aliphatic rings. The predicted molar refractivity (Wildman–Crippen MR) is 98.8 cm³/mol. The van der Waals surface area contributed by atoms with Gasteiger partial charge in [-0.1, -0.05) is 25.5 Å². The van der Waals surface area contributed by atoms with Crippen LogP contribution < -0.4 is 5.32 Å². The van der Waals surface area contributed by atoms with Gasteiger partial charge in [-0.25, -0.2) is 4.79 Å². The molecular weight excluding hydrogens is 370 g/mol. The van der Waals surface area contributed by atoms with E-state index in [4.69, 9.17) is 4.74 Å². The van der Waals surface area contributed by atoms with E-state index in [9.17, 15) is 18.0 Å². The number of ether oxygens (including phenoxy) is 1. The van der Waals surface area contributed by atoms with Gasteiger partial charge < -0.3 is 15.0 Å². The Hall–Kier alpha value is -2.42. The number of hydrogen-bond donors (Lipinski definition) is 1. The van der Waals surface area contributed by atoms with E-state index in [1.54, 1.807) is 23.1 Å². The third kappa shape index (κ3) is 4.13. The van der Waals surface area contributed by atoms with Crippen molar-refractivity contribution in [3.63, 3.8) is 0 Å². The van der Waals surface area contributed by atoms with Gasteiger partial charge in [-0.2, -0.15) is 8.42 Å². The van der Waals surface area contributed by atoms with Gasteiger partial charge in [-0.15, -0.1) is 4.40 Å². The minimum atomic E-state index is -3.75. The first-order valence-corrected chi connectivity index (χ1v) is 10.5. The van der Waals surface area contributed by atoms with Crippen LogP contribution in [0.2, 0.25) is 0 Å². The molecule has 0 aromatic heterocycles. The topological polar surface area (TPSA) is 105 Å². The second-order valence-corrected chi connectivity index (χ2v) is 8.12. The molecule has 1 aromatic rings. The first kappa shape index (κ1) is 19.3. The van der Waals surface area contributed by atoms with Crippen LogP contribution in [-0.4, -0.2) is 56.8 Å². The summed E-state index contributed by atoms with van der Waals surface area (Å²) in [5.41, 5.74) is 0.495. The molecule has 1 aromatic carbocycles. The minimum Gasteiger partial charge on any atom is -0.454 e. The fraction of sp³-hybridized carbons (Fsp3) is 0.500. The molecule has 9 heteroatoms. The summed E-state index contributed by atoms with van der Waals surface area (Å²) in [4.78, 5) is 26.0. The summed E-state index contributed by atoms with van der Waals surface area (Å²) < 4.78 is 33.5. The van der Waals surface area contributed by atoms with Crippen molar-refractivity contribution in [1.29, 1.82) is 0 Å². The lowest BCUT2D eigenvalue weighted by Gasteiger charge is -2.24. The van der Waals surface area contributed by atoms with Crippen molar-refractivity contribution in [3.8, 4) is 0 Å². The highest BCUT2D eigenvalue weighted by atomic mass is 32.2. The Balaban J connectivity index is 1.68. The Morgan fingerprint density at radius 2 is 2.11 bits per heavy atom. The number of amides is 1. The Morgan fingerprint density at radius 3 is 2.89 bits per heavy atom. The number of esters is 1. The summed E-state index contributed by atoms with van der Waals surface area (Å²) >= 11 is 0. The molecule has 1 N–H and O–H groups in total. The van der Waals surface area contributed by atoms with Crippen molar-refractivity contribution in [2.45, 2.75) is 43.5 Å². The van der Waals surface area contributed by atoms with Crippen molar-refractivity contribution in [2.75, 3.05) is 19.7 Å². The van der Waals surface area contributed by atoms with E-state index in [0.717, 1.165) is 12.8 Å². The van der Waals surface area contributed by atoms with E-state index < -0.39 is 22.0 Å². The standard InChI is InChI=1S/C18H23N3O5S/c1-2-3-10-19-16(22)12-26-18(23)14-8-6-11-21(14)17-13-7-4-5-9-15(13)27(24,25)20-17/h4-5,7,9,14H,2-3,6,8,10-12H2,1H3,(H,19,22)/t14-/m0/s1. The lowest BCUT2D eigenvalue weighted by molar-refractivity contribution is -0.151. The van der Waals surface area contributed by atoms with Crippen molar-refractivity contribution in [3.05, 3.63) is 29.8 Å². The number of unbranched alkanes of at least 4 members (excludes halogenated alkanes) is 1. The van der Waals surface area contributed by atoms with Crippen LogP contribution in [0.15, 0.2) is 33.6 Å². The summed E-state index contributed by atoms with van der Waals surface area (Å²) in [5.74, 6) is -0.604. The van der Waals surface area contributed by atoms with E-state index in [1.807, 2.05) is 6.92 Å². The highest BCUT2D eigenvalue weighted by molar-refractivity contribution is 7.90. The van der Waals surface area contributed by atoms with Crippen LogP contribution in [0.1, 0.15) is 38.2 Å². The quantitative estimate of drug-likeness (QED) is 0.572. The lowest BCUT2D eigenvalue weighted by Crippen LogP contribution is -2.42. The van der Waals surface area contributed by atoms with Gasteiger partial charge in [0.1, 0.15) is 10.9 Å². The summed E-state index contributed by atoms with van der Waals surface area (Å²) in [6.45, 7) is 2.73. The molecule has 2 aliphatic heterocycles. The maximum absolute atomic E-state index is 12.5. The summed E-state index contributed by atoms with van der Waals surface area (Å²) in [7, 11) is -3.75. The molecule has 0 unspecified atom stereocenters. The number of amidine groups is 1. The zero-order valence-electron chi connectivity index (χ0n) is 15.2. The molecule has 0 spiro atoms. The van der Waals surface area contributed by atoms with Crippen LogP contribution in [0.3, 0.4) is 0 Å². The molecular formula is C18H23N3O5S. The molecule has 0 radical (unpaired) electrons. The highest BCUT2D eigenvalue weighted by Gasteiger charge is 2.39. The van der Waals surface area contributed by atoms with Crippen molar-refractivity contribution in [1.82, 2.24) is 10.2 Å². The maximum Gasteiger partial charge on any atom is 0.329 e. The zero-order valence-corrected chi connectivity index (χ0v) is 16.0. The Kier molecular flexibility index (Phi) is 5.79. The van der Waals surface area contributed by atoms with E-state index in [0.29, 0.717) is 31.5 Å². The Labute approximate surface area is 158 Å². The second-order valence-electron chi connectivity index (χ2n) is 6.55. The highest BCUT2D eigenvalue weighted by Crippen LogP contribution is 2.31. The number of carbonyl (C=O) groups is 2. The first-order valence-electron chi connectivity index (χ1n) is 9.08. The number of likely N-dealkylation sites (tertiary alicyclic amines) is 1. The molecule has 0 aliphatic carbocycles. The normalized spacial score (nSPS) is 20.1. The van der Waals surface area contributed by atoms with Gasteiger partial charge in [0.2, 0.25) is 0 Å². The SMILES string of the molecule is CCCCNC(=O)COC(=O)[C@@H]1CCCN1C1=NS(=O)(=O)c2ccccc21. The lowest BCUT2D eigenvalue weighted by atomic mass is 10.1. The third-order valence-corrected chi connectivity index (χ3v) is 5.93. The van der Waals surface area contributed by atoms with Gasteiger partial charge in [0.05, 0.1) is 0 Å². The number of nitrogens with one attached hydrogen (secondary N) is 1. The number of rotatable bonds is 6. The Bertz CT molecular complexity index is 866. The van der Waals surface area contributed by atoms with E-state index >= 15 is 0 Å². The fourth-order valence-electron chi connectivity index (χ4n) is 3.25. The summed E-state index contributed by atoms with van der Waals surface area (Å²) in [6, 6.07) is 5.92. The Morgan fingerprint density at radius 1 is 1.33 bits per heavy atom. The molecule has 0 saturated carbocycles. The number of fused-ring (bicyclic) bond motifs is 1.